The summed E-state index contributed by atoms with van der Waals surface area (Å²) in [5.41, 5.74) is 2.05. The number of benzene rings is 2. The van der Waals surface area contributed by atoms with Crippen molar-refractivity contribution in [2.45, 2.75) is 0 Å². The average Bonchev–Trinajstić information content (AvgIpc) is 2.46. The Bertz CT molecular complexity index is 684. The Morgan fingerprint density at radius 2 is 1.76 bits per heavy atom. The Kier molecular flexibility index (Phi) is 4.49. The molecule has 6 nitrogen and oxygen atoms in total. The van der Waals surface area contributed by atoms with Crippen molar-refractivity contribution in [1.82, 2.24) is 0 Å². The lowest BCUT2D eigenvalue weighted by atomic mass is 10.3. The van der Waals surface area contributed by atoms with Crippen LogP contribution in [0.25, 0.3) is 0 Å². The van der Waals surface area contributed by atoms with Crippen LogP contribution in [-0.2, 0) is 0 Å². The van der Waals surface area contributed by atoms with E-state index in [1.165, 1.54) is 18.2 Å². The maximum absolute atomic E-state index is 10.6. The van der Waals surface area contributed by atoms with E-state index in [1.807, 2.05) is 43.3 Å². The van der Waals surface area contributed by atoms with Crippen molar-refractivity contribution in [2.24, 2.45) is 10.2 Å². The normalized spacial score (nSPS) is 10.8. The van der Waals surface area contributed by atoms with Gasteiger partial charge in [-0.2, -0.15) is 5.11 Å². The molecule has 0 amide bonds. The largest absolute Gasteiger partial charge is 0.378 e. The van der Waals surface area contributed by atoms with E-state index in [0.29, 0.717) is 11.4 Å². The zero-order chi connectivity index (χ0) is 15.4. The molecule has 0 bridgehead atoms. The predicted molar refractivity (Wildman–Crippen MR) is 83.1 cm³/mol. The topological polar surface area (TPSA) is 71.1 Å². The van der Waals surface area contributed by atoms with Crippen LogP contribution >= 0.6 is 11.6 Å². The highest BCUT2D eigenvalue weighted by Gasteiger charge is 2.08. The van der Waals surface area contributed by atoms with Crippen LogP contribution in [0.5, 0.6) is 0 Å². The first-order chi connectivity index (χ1) is 9.97. The molecule has 2 aromatic carbocycles. The maximum Gasteiger partial charge on any atom is 0.271 e. The van der Waals surface area contributed by atoms with Gasteiger partial charge in [-0.05, 0) is 30.3 Å². The lowest BCUT2D eigenvalue weighted by molar-refractivity contribution is -0.384. The molecule has 0 aliphatic rings. The van der Waals surface area contributed by atoms with E-state index in [-0.39, 0.29) is 10.7 Å². The Morgan fingerprint density at radius 3 is 2.29 bits per heavy atom. The number of non-ortho nitro benzene ring substituents is 1. The standard InChI is InChI=1S/C14H13ClN4O2/c1-18(2)11-5-3-10(4-6-11)16-17-14-8-7-12(19(20)21)9-13(14)15/h3-9H,1-2H3. The molecule has 21 heavy (non-hydrogen) atoms. The van der Waals surface area contributed by atoms with Gasteiger partial charge in [-0.3, -0.25) is 10.1 Å². The summed E-state index contributed by atoms with van der Waals surface area (Å²) in [5, 5.41) is 18.9. The van der Waals surface area contributed by atoms with Gasteiger partial charge in [-0.15, -0.1) is 5.11 Å². The van der Waals surface area contributed by atoms with Gasteiger partial charge < -0.3 is 4.90 Å². The van der Waals surface area contributed by atoms with E-state index in [1.54, 1.807) is 0 Å². The summed E-state index contributed by atoms with van der Waals surface area (Å²) in [5.74, 6) is 0. The van der Waals surface area contributed by atoms with Crippen molar-refractivity contribution in [3.05, 3.63) is 57.6 Å². The van der Waals surface area contributed by atoms with Gasteiger partial charge in [-0.25, -0.2) is 0 Å². The first-order valence-corrected chi connectivity index (χ1v) is 6.48. The van der Waals surface area contributed by atoms with Crippen molar-refractivity contribution in [3.63, 3.8) is 0 Å². The van der Waals surface area contributed by atoms with Gasteiger partial charge in [-0.1, -0.05) is 11.6 Å². The van der Waals surface area contributed by atoms with Gasteiger partial charge in [0, 0.05) is 31.9 Å². The van der Waals surface area contributed by atoms with Crippen LogP contribution in [0.2, 0.25) is 5.02 Å². The minimum atomic E-state index is -0.507. The third kappa shape index (κ3) is 3.76. The van der Waals surface area contributed by atoms with E-state index in [2.05, 4.69) is 10.2 Å². The zero-order valence-electron chi connectivity index (χ0n) is 11.5. The molecule has 0 unspecified atom stereocenters. The van der Waals surface area contributed by atoms with Crippen molar-refractivity contribution in [2.75, 3.05) is 19.0 Å². The summed E-state index contributed by atoms with van der Waals surface area (Å²) in [6.45, 7) is 0. The van der Waals surface area contributed by atoms with E-state index in [4.69, 9.17) is 11.6 Å². The second-order valence-electron chi connectivity index (χ2n) is 4.50. The molecule has 7 heteroatoms. The second kappa shape index (κ2) is 6.32. The lowest BCUT2D eigenvalue weighted by Crippen LogP contribution is -2.07. The molecule has 0 N–H and O–H groups in total. The zero-order valence-corrected chi connectivity index (χ0v) is 12.3. The lowest BCUT2D eigenvalue weighted by Gasteiger charge is -2.11. The van der Waals surface area contributed by atoms with Crippen molar-refractivity contribution < 1.29 is 4.92 Å². The van der Waals surface area contributed by atoms with Crippen LogP contribution in [0.1, 0.15) is 0 Å². The second-order valence-corrected chi connectivity index (χ2v) is 4.91. The van der Waals surface area contributed by atoms with Gasteiger partial charge >= 0.3 is 0 Å². The average molecular weight is 305 g/mol. The number of azo groups is 1. The highest BCUT2D eigenvalue weighted by molar-refractivity contribution is 6.33. The molecule has 0 aliphatic carbocycles. The van der Waals surface area contributed by atoms with Gasteiger partial charge in [0.25, 0.3) is 5.69 Å². The fraction of sp³-hybridized carbons (Fsp3) is 0.143. The van der Waals surface area contributed by atoms with Crippen molar-refractivity contribution in [3.8, 4) is 0 Å². The number of halogens is 1. The van der Waals surface area contributed by atoms with Crippen LogP contribution in [0.4, 0.5) is 22.7 Å². The third-order valence-corrected chi connectivity index (χ3v) is 3.08. The van der Waals surface area contributed by atoms with E-state index in [0.717, 1.165) is 5.69 Å². The SMILES string of the molecule is CN(C)c1ccc(N=Nc2ccc([N+](=O)[O-])cc2Cl)cc1. The number of anilines is 1. The van der Waals surface area contributed by atoms with E-state index in [9.17, 15) is 10.1 Å². The van der Waals surface area contributed by atoms with Gasteiger partial charge in [0.2, 0.25) is 0 Å². The summed E-state index contributed by atoms with van der Waals surface area (Å²) in [6, 6.07) is 11.6. The van der Waals surface area contributed by atoms with Gasteiger partial charge in [0.1, 0.15) is 5.69 Å². The van der Waals surface area contributed by atoms with Gasteiger partial charge in [0.05, 0.1) is 15.6 Å². The smallest absolute Gasteiger partial charge is 0.271 e. The molecule has 108 valence electrons. The number of nitro benzene ring substituents is 1. The Balaban J connectivity index is 2.19. The summed E-state index contributed by atoms with van der Waals surface area (Å²) < 4.78 is 0. The number of rotatable bonds is 4. The van der Waals surface area contributed by atoms with Crippen LogP contribution in [0, 0.1) is 10.1 Å². The quantitative estimate of drug-likeness (QED) is 0.465. The molecular formula is C14H13ClN4O2. The fourth-order valence-corrected chi connectivity index (χ4v) is 1.83. The van der Waals surface area contributed by atoms with Gasteiger partial charge in [0.15, 0.2) is 0 Å². The van der Waals surface area contributed by atoms with Crippen molar-refractivity contribution in [1.29, 1.82) is 0 Å². The van der Waals surface area contributed by atoms with E-state index >= 15 is 0 Å². The van der Waals surface area contributed by atoms with Crippen molar-refractivity contribution >= 4 is 34.4 Å². The summed E-state index contributed by atoms with van der Waals surface area (Å²) in [4.78, 5) is 12.1. The monoisotopic (exact) mass is 304 g/mol. The molecular weight excluding hydrogens is 292 g/mol. The van der Waals surface area contributed by atoms with Crippen LogP contribution in [0.3, 0.4) is 0 Å². The summed E-state index contributed by atoms with van der Waals surface area (Å²) >= 11 is 5.94. The molecule has 0 radical (unpaired) electrons. The molecule has 2 aromatic rings. The molecule has 2 rings (SSSR count). The maximum atomic E-state index is 10.6. The van der Waals surface area contributed by atoms with Crippen LogP contribution < -0.4 is 4.90 Å². The Hall–Kier alpha value is -2.47. The molecule has 0 heterocycles. The summed E-state index contributed by atoms with van der Waals surface area (Å²) in [6.07, 6.45) is 0. The Morgan fingerprint density at radius 1 is 1.10 bits per heavy atom. The molecule has 0 atom stereocenters. The Labute approximate surface area is 126 Å². The van der Waals surface area contributed by atoms with Crippen LogP contribution in [0.15, 0.2) is 52.7 Å². The predicted octanol–water partition coefficient (Wildman–Crippen LogP) is 4.73. The number of nitro groups is 1. The third-order valence-electron chi connectivity index (χ3n) is 2.78. The molecule has 0 aromatic heterocycles. The minimum absolute atomic E-state index is 0.0747. The molecule has 0 aliphatic heterocycles. The fourth-order valence-electron chi connectivity index (χ4n) is 1.62. The molecule has 0 spiro atoms. The highest BCUT2D eigenvalue weighted by Crippen LogP contribution is 2.30. The minimum Gasteiger partial charge on any atom is -0.378 e. The number of nitrogens with zero attached hydrogens (tertiary/aromatic N) is 4. The molecule has 0 fully saturated rings. The number of hydrogen-bond donors (Lipinski definition) is 0. The first-order valence-electron chi connectivity index (χ1n) is 6.10. The molecule has 0 saturated carbocycles. The summed E-state index contributed by atoms with van der Waals surface area (Å²) in [7, 11) is 3.90. The first kappa shape index (κ1) is 14.9. The van der Waals surface area contributed by atoms with E-state index < -0.39 is 4.92 Å². The van der Waals surface area contributed by atoms with Crippen LogP contribution in [-0.4, -0.2) is 19.0 Å². The molecule has 0 saturated heterocycles. The number of hydrogen-bond acceptors (Lipinski definition) is 5. The highest BCUT2D eigenvalue weighted by atomic mass is 35.5.